The highest BCUT2D eigenvalue weighted by molar-refractivity contribution is 6.31. The van der Waals surface area contributed by atoms with Crippen molar-refractivity contribution in [3.05, 3.63) is 93.9 Å². The summed E-state index contributed by atoms with van der Waals surface area (Å²) in [5, 5.41) is 4.60. The second-order valence-corrected chi connectivity index (χ2v) is 8.66. The Morgan fingerprint density at radius 1 is 1.15 bits per heavy atom. The number of H-pyrrole nitrogens is 1. The van der Waals surface area contributed by atoms with Crippen LogP contribution in [0.5, 0.6) is 5.75 Å². The van der Waals surface area contributed by atoms with Gasteiger partial charge >= 0.3 is 6.03 Å². The van der Waals surface area contributed by atoms with Gasteiger partial charge in [-0.25, -0.2) is 9.18 Å². The molecule has 5 rings (SSSR count). The molecule has 1 aromatic heterocycles. The highest BCUT2D eigenvalue weighted by atomic mass is 35.5. The molecule has 4 aromatic rings. The summed E-state index contributed by atoms with van der Waals surface area (Å²) in [5.41, 5.74) is 4.98. The fourth-order valence-electron chi connectivity index (χ4n) is 4.48. The Kier molecular flexibility index (Phi) is 5.46. The van der Waals surface area contributed by atoms with Gasteiger partial charge in [-0.15, -0.1) is 0 Å². The number of benzene rings is 3. The number of aromatic amines is 1. The van der Waals surface area contributed by atoms with Gasteiger partial charge in [0.05, 0.1) is 13.2 Å². The molecule has 0 fully saturated rings. The van der Waals surface area contributed by atoms with Gasteiger partial charge in [0.15, 0.2) is 0 Å². The fraction of sp³-hybridized carbons (Fsp3) is 0.192. The minimum Gasteiger partial charge on any atom is -0.497 e. The summed E-state index contributed by atoms with van der Waals surface area (Å²) in [6.07, 6.45) is 0.679. The summed E-state index contributed by atoms with van der Waals surface area (Å²) in [4.78, 5) is 18.7. The molecular formula is C26H23ClFN3O2. The average molecular weight is 464 g/mol. The molecule has 1 aliphatic heterocycles. The molecule has 1 atom stereocenters. The largest absolute Gasteiger partial charge is 0.497 e. The van der Waals surface area contributed by atoms with Gasteiger partial charge in [0.1, 0.15) is 11.6 Å². The number of aryl methyl sites for hydroxylation is 1. The molecule has 7 heteroatoms. The summed E-state index contributed by atoms with van der Waals surface area (Å²) < 4.78 is 19.4. The van der Waals surface area contributed by atoms with Crippen LogP contribution in [0.15, 0.2) is 60.7 Å². The van der Waals surface area contributed by atoms with Crippen LogP contribution in [0, 0.1) is 12.7 Å². The van der Waals surface area contributed by atoms with Crippen LogP contribution in [0.1, 0.15) is 28.4 Å². The lowest BCUT2D eigenvalue weighted by Crippen LogP contribution is -2.43. The molecule has 0 saturated carbocycles. The van der Waals surface area contributed by atoms with Crippen molar-refractivity contribution in [3.63, 3.8) is 0 Å². The van der Waals surface area contributed by atoms with Gasteiger partial charge < -0.3 is 19.9 Å². The molecule has 0 bridgehead atoms. The van der Waals surface area contributed by atoms with Crippen molar-refractivity contribution in [2.45, 2.75) is 19.4 Å². The first-order chi connectivity index (χ1) is 15.9. The monoisotopic (exact) mass is 463 g/mol. The van der Waals surface area contributed by atoms with E-state index in [4.69, 9.17) is 16.3 Å². The Morgan fingerprint density at radius 2 is 1.94 bits per heavy atom. The van der Waals surface area contributed by atoms with Crippen LogP contribution in [-0.4, -0.2) is 29.6 Å². The minimum absolute atomic E-state index is 0.290. The van der Waals surface area contributed by atoms with Crippen LogP contribution in [0.4, 0.5) is 14.9 Å². The highest BCUT2D eigenvalue weighted by Gasteiger charge is 2.34. The van der Waals surface area contributed by atoms with Crippen molar-refractivity contribution >= 4 is 34.2 Å². The number of aromatic nitrogens is 1. The zero-order valence-corrected chi connectivity index (χ0v) is 19.0. The number of urea groups is 1. The first-order valence-corrected chi connectivity index (χ1v) is 11.1. The van der Waals surface area contributed by atoms with Gasteiger partial charge in [-0.3, -0.25) is 0 Å². The average Bonchev–Trinajstić information content (AvgIpc) is 3.18. The summed E-state index contributed by atoms with van der Waals surface area (Å²) in [6, 6.07) is 17.5. The first kappa shape index (κ1) is 21.3. The van der Waals surface area contributed by atoms with Gasteiger partial charge in [-0.05, 0) is 72.5 Å². The van der Waals surface area contributed by atoms with E-state index in [0.29, 0.717) is 29.2 Å². The van der Waals surface area contributed by atoms with E-state index < -0.39 is 0 Å². The van der Waals surface area contributed by atoms with Crippen LogP contribution in [-0.2, 0) is 6.42 Å². The maximum atomic E-state index is 14.0. The van der Waals surface area contributed by atoms with E-state index in [1.54, 1.807) is 31.1 Å². The number of anilines is 1. The van der Waals surface area contributed by atoms with E-state index in [9.17, 15) is 9.18 Å². The number of carbonyl (C=O) groups excluding carboxylic acids is 1. The lowest BCUT2D eigenvalue weighted by Gasteiger charge is -2.36. The molecule has 0 aliphatic carbocycles. The highest BCUT2D eigenvalue weighted by Crippen LogP contribution is 2.39. The van der Waals surface area contributed by atoms with E-state index >= 15 is 0 Å². The molecule has 3 aromatic carbocycles. The van der Waals surface area contributed by atoms with Crippen molar-refractivity contribution in [1.29, 1.82) is 0 Å². The Hall–Kier alpha value is -3.51. The molecule has 1 aliphatic rings. The Balaban J connectivity index is 1.57. The molecule has 2 amide bonds. The maximum absolute atomic E-state index is 14.0. The SMILES string of the molecule is COc1ccc(C2c3[nH]c4ccc(Cl)cc4c3CCN2C(=O)Nc2ccc(C)c(F)c2)cc1. The second kappa shape index (κ2) is 8.45. The predicted molar refractivity (Wildman–Crippen MR) is 129 cm³/mol. The summed E-state index contributed by atoms with van der Waals surface area (Å²) in [6.45, 7) is 2.19. The zero-order chi connectivity index (χ0) is 23.1. The summed E-state index contributed by atoms with van der Waals surface area (Å²) in [5.74, 6) is 0.386. The van der Waals surface area contributed by atoms with Crippen LogP contribution < -0.4 is 10.1 Å². The van der Waals surface area contributed by atoms with E-state index in [1.165, 1.54) is 6.07 Å². The van der Waals surface area contributed by atoms with Crippen molar-refractivity contribution in [2.24, 2.45) is 0 Å². The zero-order valence-electron chi connectivity index (χ0n) is 18.3. The molecule has 0 radical (unpaired) electrons. The Labute approximate surface area is 196 Å². The molecular weight excluding hydrogens is 441 g/mol. The van der Waals surface area contributed by atoms with Gasteiger partial charge in [0.2, 0.25) is 0 Å². The predicted octanol–water partition coefficient (Wildman–Crippen LogP) is 6.46. The summed E-state index contributed by atoms with van der Waals surface area (Å²) >= 11 is 6.27. The maximum Gasteiger partial charge on any atom is 0.322 e. The number of hydrogen-bond donors (Lipinski definition) is 2. The number of amides is 2. The van der Waals surface area contributed by atoms with Gasteiger partial charge in [0.25, 0.3) is 0 Å². The van der Waals surface area contributed by atoms with Crippen LogP contribution in [0.25, 0.3) is 10.9 Å². The Morgan fingerprint density at radius 3 is 2.67 bits per heavy atom. The number of fused-ring (bicyclic) bond motifs is 3. The standard InChI is InChI=1S/C26H23ClFN3O2/c1-15-3-7-18(14-22(15)28)29-26(32)31-12-11-20-21-13-17(27)6-10-23(21)30-24(20)25(31)16-4-8-19(33-2)9-5-16/h3-10,13-14,25,30H,11-12H2,1-2H3,(H,29,32). The quantitative estimate of drug-likeness (QED) is 0.366. The van der Waals surface area contributed by atoms with Crippen molar-refractivity contribution in [2.75, 3.05) is 19.0 Å². The molecule has 2 N–H and O–H groups in total. The number of carbonyl (C=O) groups is 1. The van der Waals surface area contributed by atoms with E-state index in [1.807, 2.05) is 42.5 Å². The number of nitrogens with zero attached hydrogens (tertiary/aromatic N) is 1. The third kappa shape index (κ3) is 3.91. The van der Waals surface area contributed by atoms with Gasteiger partial charge in [0, 0.05) is 33.9 Å². The second-order valence-electron chi connectivity index (χ2n) is 8.22. The molecule has 33 heavy (non-hydrogen) atoms. The van der Waals surface area contributed by atoms with Gasteiger partial charge in [-0.1, -0.05) is 29.8 Å². The van der Waals surface area contributed by atoms with Crippen molar-refractivity contribution < 1.29 is 13.9 Å². The first-order valence-electron chi connectivity index (χ1n) is 10.7. The van der Waals surface area contributed by atoms with Crippen LogP contribution >= 0.6 is 11.6 Å². The number of nitrogens with one attached hydrogen (secondary N) is 2. The minimum atomic E-state index is -0.354. The van der Waals surface area contributed by atoms with Crippen LogP contribution in [0.2, 0.25) is 5.02 Å². The summed E-state index contributed by atoms with van der Waals surface area (Å²) in [7, 11) is 1.62. The number of halogens is 2. The molecule has 5 nitrogen and oxygen atoms in total. The third-order valence-corrected chi connectivity index (χ3v) is 6.44. The normalized spacial score (nSPS) is 15.4. The van der Waals surface area contributed by atoms with Crippen molar-refractivity contribution in [3.8, 4) is 5.75 Å². The number of hydrogen-bond acceptors (Lipinski definition) is 2. The van der Waals surface area contributed by atoms with E-state index in [2.05, 4.69) is 10.3 Å². The number of ether oxygens (including phenoxy) is 1. The Bertz CT molecular complexity index is 1350. The topological polar surface area (TPSA) is 57.4 Å². The van der Waals surface area contributed by atoms with Gasteiger partial charge in [-0.2, -0.15) is 0 Å². The molecule has 0 spiro atoms. The smallest absolute Gasteiger partial charge is 0.322 e. The van der Waals surface area contributed by atoms with E-state index in [0.717, 1.165) is 33.5 Å². The number of methoxy groups -OCH3 is 1. The third-order valence-electron chi connectivity index (χ3n) is 6.20. The lowest BCUT2D eigenvalue weighted by atomic mass is 9.92. The molecule has 2 heterocycles. The fourth-order valence-corrected chi connectivity index (χ4v) is 4.65. The van der Waals surface area contributed by atoms with E-state index in [-0.39, 0.29) is 17.9 Å². The number of rotatable bonds is 3. The van der Waals surface area contributed by atoms with Crippen molar-refractivity contribution in [1.82, 2.24) is 9.88 Å². The molecule has 168 valence electrons. The van der Waals surface area contributed by atoms with Crippen LogP contribution in [0.3, 0.4) is 0 Å². The lowest BCUT2D eigenvalue weighted by molar-refractivity contribution is 0.193. The molecule has 0 saturated heterocycles. The molecule has 1 unspecified atom stereocenters.